The lowest BCUT2D eigenvalue weighted by molar-refractivity contribution is -0.254. The smallest absolute Gasteiger partial charge is 0.247 e. The summed E-state index contributed by atoms with van der Waals surface area (Å²) in [5, 5.41) is 0. The summed E-state index contributed by atoms with van der Waals surface area (Å²) in [6.07, 6.45) is 15.6. The lowest BCUT2D eigenvalue weighted by Crippen LogP contribution is -2.09. The summed E-state index contributed by atoms with van der Waals surface area (Å²) in [5.41, 5.74) is 0. The van der Waals surface area contributed by atoms with E-state index in [9.17, 15) is 9.59 Å². The van der Waals surface area contributed by atoms with Crippen molar-refractivity contribution in [3.8, 4) is 12.3 Å². The van der Waals surface area contributed by atoms with Gasteiger partial charge in [0.1, 0.15) is 0 Å². The van der Waals surface area contributed by atoms with E-state index in [2.05, 4.69) is 16.7 Å². The van der Waals surface area contributed by atoms with E-state index < -0.39 is 11.9 Å². The van der Waals surface area contributed by atoms with E-state index in [0.29, 0.717) is 0 Å². The van der Waals surface area contributed by atoms with Crippen LogP contribution in [0.2, 0.25) is 0 Å². The van der Waals surface area contributed by atoms with E-state index in [1.165, 1.54) is 38.5 Å². The zero-order valence-corrected chi connectivity index (χ0v) is 11.8. The first-order chi connectivity index (χ1) is 9.20. The zero-order valence-electron chi connectivity index (χ0n) is 11.8. The van der Waals surface area contributed by atoms with Crippen LogP contribution in [0.1, 0.15) is 71.1 Å². The molecule has 0 unspecified atom stereocenters. The molecule has 0 aliphatic rings. The van der Waals surface area contributed by atoms with Crippen LogP contribution in [0.4, 0.5) is 0 Å². The summed E-state index contributed by atoms with van der Waals surface area (Å²) in [6.45, 7) is 2.21. The van der Waals surface area contributed by atoms with Gasteiger partial charge in [-0.25, -0.2) is 19.4 Å². The Kier molecular flexibility index (Phi) is 11.9. The third kappa shape index (κ3) is 12.7. The summed E-state index contributed by atoms with van der Waals surface area (Å²) in [7, 11) is 0. The molecule has 19 heavy (non-hydrogen) atoms. The molecule has 0 amide bonds. The maximum absolute atomic E-state index is 11.1. The molecule has 0 rings (SSSR count). The average Bonchev–Trinajstić information content (AvgIpc) is 2.42. The summed E-state index contributed by atoms with van der Waals surface area (Å²) in [4.78, 5) is 29.9. The largest absolute Gasteiger partial charge is 0.429 e. The number of carbonyl (C=O) groups is 2. The molecule has 0 aliphatic heterocycles. The molecule has 0 saturated heterocycles. The Morgan fingerprint density at radius 1 is 0.895 bits per heavy atom. The van der Waals surface area contributed by atoms with Crippen molar-refractivity contribution in [1.29, 1.82) is 0 Å². The third-order valence-corrected chi connectivity index (χ3v) is 2.81. The van der Waals surface area contributed by atoms with E-state index >= 15 is 0 Å². The highest BCUT2D eigenvalue weighted by Gasteiger charge is 2.06. The van der Waals surface area contributed by atoms with Gasteiger partial charge < -0.3 is 0 Å². The van der Waals surface area contributed by atoms with Gasteiger partial charge in [-0.15, -0.1) is 6.42 Å². The molecule has 4 heteroatoms. The van der Waals surface area contributed by atoms with E-state index in [4.69, 9.17) is 6.42 Å². The van der Waals surface area contributed by atoms with Crippen LogP contribution in [0, 0.1) is 12.3 Å². The van der Waals surface area contributed by atoms with Gasteiger partial charge in [0.25, 0.3) is 0 Å². The van der Waals surface area contributed by atoms with Crippen LogP contribution in [-0.4, -0.2) is 11.9 Å². The molecular weight excluding hydrogens is 244 g/mol. The van der Waals surface area contributed by atoms with Gasteiger partial charge in [0.15, 0.2) is 0 Å². The van der Waals surface area contributed by atoms with Crippen molar-refractivity contribution in [2.45, 2.75) is 71.1 Å². The minimum absolute atomic E-state index is 0.258. The normalized spacial score (nSPS) is 9.68. The van der Waals surface area contributed by atoms with Crippen LogP contribution in [0.15, 0.2) is 0 Å². The number of unbranched alkanes of at least 4 members (excludes halogenated alkanes) is 8. The third-order valence-electron chi connectivity index (χ3n) is 2.81. The fourth-order valence-electron chi connectivity index (χ4n) is 1.73. The van der Waals surface area contributed by atoms with Crippen molar-refractivity contribution >= 4 is 11.9 Å². The van der Waals surface area contributed by atoms with Gasteiger partial charge in [0.2, 0.25) is 0 Å². The standard InChI is InChI=1S/C15H24O4/c1-3-5-6-7-8-9-10-11-12-13-15(17)19-18-14(16)4-2/h2H,3,5-13H2,1H3. The molecule has 0 atom stereocenters. The van der Waals surface area contributed by atoms with Crippen molar-refractivity contribution in [3.05, 3.63) is 0 Å². The second-order valence-corrected chi connectivity index (χ2v) is 4.55. The monoisotopic (exact) mass is 268 g/mol. The van der Waals surface area contributed by atoms with Crippen molar-refractivity contribution in [2.24, 2.45) is 0 Å². The Labute approximate surface area is 115 Å². The van der Waals surface area contributed by atoms with Crippen LogP contribution >= 0.6 is 0 Å². The predicted octanol–water partition coefficient (Wildman–Crippen LogP) is 3.54. The topological polar surface area (TPSA) is 52.6 Å². The van der Waals surface area contributed by atoms with Crippen molar-refractivity contribution in [2.75, 3.05) is 0 Å². The molecule has 0 N–H and O–H groups in total. The molecule has 0 aromatic carbocycles. The van der Waals surface area contributed by atoms with Gasteiger partial charge in [-0.3, -0.25) is 0 Å². The maximum atomic E-state index is 11.1. The number of terminal acetylenes is 1. The first-order valence-electron chi connectivity index (χ1n) is 7.08. The van der Waals surface area contributed by atoms with Gasteiger partial charge in [-0.05, 0) is 6.42 Å². The first kappa shape index (κ1) is 17.5. The SMILES string of the molecule is C#CC(=O)OOC(=O)CCCCCCCCCCC. The molecule has 0 fully saturated rings. The Morgan fingerprint density at radius 2 is 1.42 bits per heavy atom. The van der Waals surface area contributed by atoms with Gasteiger partial charge in [0, 0.05) is 5.92 Å². The van der Waals surface area contributed by atoms with Crippen molar-refractivity contribution in [1.82, 2.24) is 0 Å². The van der Waals surface area contributed by atoms with E-state index in [1.807, 2.05) is 0 Å². The summed E-state index contributed by atoms with van der Waals surface area (Å²) >= 11 is 0. The van der Waals surface area contributed by atoms with E-state index in [0.717, 1.165) is 19.3 Å². The Bertz CT molecular complexity index is 291. The van der Waals surface area contributed by atoms with Crippen LogP contribution in [0.5, 0.6) is 0 Å². The number of hydrogen-bond donors (Lipinski definition) is 0. The van der Waals surface area contributed by atoms with E-state index in [-0.39, 0.29) is 6.42 Å². The Morgan fingerprint density at radius 3 is 1.95 bits per heavy atom. The highest BCUT2D eigenvalue weighted by atomic mass is 17.2. The summed E-state index contributed by atoms with van der Waals surface area (Å²) < 4.78 is 0. The summed E-state index contributed by atoms with van der Waals surface area (Å²) in [6, 6.07) is 0. The molecule has 108 valence electrons. The number of carbonyl (C=O) groups excluding carboxylic acids is 2. The molecule has 0 aromatic rings. The molecule has 4 nitrogen and oxygen atoms in total. The molecule has 0 aliphatic carbocycles. The van der Waals surface area contributed by atoms with Crippen LogP contribution in [0.3, 0.4) is 0 Å². The van der Waals surface area contributed by atoms with Crippen molar-refractivity contribution < 1.29 is 19.4 Å². The number of rotatable bonds is 10. The van der Waals surface area contributed by atoms with Gasteiger partial charge in [0.05, 0.1) is 6.42 Å². The molecule has 0 heterocycles. The fraction of sp³-hybridized carbons (Fsp3) is 0.733. The van der Waals surface area contributed by atoms with Gasteiger partial charge in [-0.1, -0.05) is 58.3 Å². The minimum Gasteiger partial charge on any atom is -0.247 e. The highest BCUT2D eigenvalue weighted by Crippen LogP contribution is 2.10. The van der Waals surface area contributed by atoms with E-state index in [1.54, 1.807) is 5.92 Å². The number of hydrogen-bond acceptors (Lipinski definition) is 4. The zero-order chi connectivity index (χ0) is 14.3. The van der Waals surface area contributed by atoms with Crippen LogP contribution < -0.4 is 0 Å². The maximum Gasteiger partial charge on any atom is 0.429 e. The quantitative estimate of drug-likeness (QED) is 0.263. The predicted molar refractivity (Wildman–Crippen MR) is 72.9 cm³/mol. The fourth-order valence-corrected chi connectivity index (χ4v) is 1.73. The molecular formula is C15H24O4. The second-order valence-electron chi connectivity index (χ2n) is 4.55. The first-order valence-corrected chi connectivity index (χ1v) is 7.08. The summed E-state index contributed by atoms with van der Waals surface area (Å²) in [5.74, 6) is 0.152. The molecule has 0 radical (unpaired) electrons. The van der Waals surface area contributed by atoms with Crippen LogP contribution in [0.25, 0.3) is 0 Å². The van der Waals surface area contributed by atoms with Gasteiger partial charge in [-0.2, -0.15) is 0 Å². The highest BCUT2D eigenvalue weighted by molar-refractivity contribution is 5.87. The molecule has 0 bridgehead atoms. The van der Waals surface area contributed by atoms with Gasteiger partial charge >= 0.3 is 11.9 Å². The lowest BCUT2D eigenvalue weighted by atomic mass is 10.1. The molecule has 0 saturated carbocycles. The average molecular weight is 268 g/mol. The minimum atomic E-state index is -0.986. The lowest BCUT2D eigenvalue weighted by Gasteiger charge is -2.02. The Balaban J connectivity index is 3.23. The van der Waals surface area contributed by atoms with Crippen LogP contribution in [-0.2, 0) is 19.4 Å². The second kappa shape index (κ2) is 12.9. The molecule has 0 aromatic heterocycles. The molecule has 0 spiro atoms. The Hall–Kier alpha value is -1.50. The van der Waals surface area contributed by atoms with Crippen molar-refractivity contribution in [3.63, 3.8) is 0 Å².